The molecule has 2 rings (SSSR count). The zero-order valence-electron chi connectivity index (χ0n) is 12.3. The van der Waals surface area contributed by atoms with Crippen LogP contribution in [0.5, 0.6) is 0 Å². The molecule has 0 aliphatic carbocycles. The number of piperidine rings is 1. The second-order valence-corrected chi connectivity index (χ2v) is 5.90. The first-order valence-electron chi connectivity index (χ1n) is 7.37. The molecular weight excluding hydrogens is 234 g/mol. The van der Waals surface area contributed by atoms with E-state index in [1.807, 2.05) is 0 Å². The molecule has 0 atom stereocenters. The molecule has 3 heteroatoms. The maximum atomic E-state index is 5.58. The third kappa shape index (κ3) is 4.22. The van der Waals surface area contributed by atoms with Crippen molar-refractivity contribution in [3.63, 3.8) is 0 Å². The van der Waals surface area contributed by atoms with Gasteiger partial charge < -0.3 is 15.5 Å². The van der Waals surface area contributed by atoms with Gasteiger partial charge in [0.1, 0.15) is 0 Å². The summed E-state index contributed by atoms with van der Waals surface area (Å²) in [5.74, 6) is 0.864. The van der Waals surface area contributed by atoms with Crippen LogP contribution < -0.4 is 10.6 Å². The summed E-state index contributed by atoms with van der Waals surface area (Å²) in [4.78, 5) is 4.82. The average molecular weight is 261 g/mol. The largest absolute Gasteiger partial charge is 0.372 e. The van der Waals surface area contributed by atoms with Crippen molar-refractivity contribution in [1.82, 2.24) is 4.90 Å². The number of rotatable bonds is 5. The Morgan fingerprint density at radius 1 is 1.16 bits per heavy atom. The summed E-state index contributed by atoms with van der Waals surface area (Å²) in [6, 6.07) is 8.93. The van der Waals surface area contributed by atoms with Gasteiger partial charge in [0.25, 0.3) is 0 Å². The molecule has 0 spiro atoms. The highest BCUT2D eigenvalue weighted by atomic mass is 15.1. The Bertz CT molecular complexity index is 364. The Kier molecular flexibility index (Phi) is 5.23. The SMILES string of the molecule is CN(C)CC1CCN(c2ccc(CCN)cc2)CC1. The molecule has 0 bridgehead atoms. The van der Waals surface area contributed by atoms with Gasteiger partial charge in [0.2, 0.25) is 0 Å². The van der Waals surface area contributed by atoms with E-state index in [2.05, 4.69) is 48.2 Å². The lowest BCUT2D eigenvalue weighted by molar-refractivity contribution is 0.285. The van der Waals surface area contributed by atoms with E-state index in [0.29, 0.717) is 0 Å². The van der Waals surface area contributed by atoms with E-state index in [0.717, 1.165) is 18.9 Å². The third-order valence-corrected chi connectivity index (χ3v) is 3.97. The molecule has 1 aliphatic rings. The van der Waals surface area contributed by atoms with Gasteiger partial charge in [-0.25, -0.2) is 0 Å². The summed E-state index contributed by atoms with van der Waals surface area (Å²) in [6.45, 7) is 4.34. The molecule has 106 valence electrons. The lowest BCUT2D eigenvalue weighted by Crippen LogP contribution is -2.37. The van der Waals surface area contributed by atoms with Gasteiger partial charge in [-0.05, 0) is 63.5 Å². The second-order valence-electron chi connectivity index (χ2n) is 5.90. The molecule has 1 saturated heterocycles. The van der Waals surface area contributed by atoms with E-state index in [1.54, 1.807) is 0 Å². The molecular formula is C16H27N3. The minimum atomic E-state index is 0.731. The summed E-state index contributed by atoms with van der Waals surface area (Å²) in [7, 11) is 4.34. The Morgan fingerprint density at radius 2 is 1.79 bits per heavy atom. The van der Waals surface area contributed by atoms with E-state index in [-0.39, 0.29) is 0 Å². The fraction of sp³-hybridized carbons (Fsp3) is 0.625. The molecule has 0 radical (unpaired) electrons. The highest BCUT2D eigenvalue weighted by molar-refractivity contribution is 5.48. The van der Waals surface area contributed by atoms with E-state index in [4.69, 9.17) is 5.73 Å². The van der Waals surface area contributed by atoms with Crippen molar-refractivity contribution in [2.24, 2.45) is 11.7 Å². The Balaban J connectivity index is 1.87. The van der Waals surface area contributed by atoms with Crippen LogP contribution in [0.2, 0.25) is 0 Å². The molecule has 1 aliphatic heterocycles. The first-order valence-corrected chi connectivity index (χ1v) is 7.37. The zero-order valence-corrected chi connectivity index (χ0v) is 12.3. The Labute approximate surface area is 117 Å². The van der Waals surface area contributed by atoms with Crippen LogP contribution in [-0.4, -0.2) is 45.2 Å². The van der Waals surface area contributed by atoms with E-state index in [9.17, 15) is 0 Å². The molecule has 2 N–H and O–H groups in total. The molecule has 0 saturated carbocycles. The number of hydrogen-bond acceptors (Lipinski definition) is 3. The average Bonchev–Trinajstić information content (AvgIpc) is 2.40. The Morgan fingerprint density at radius 3 is 2.32 bits per heavy atom. The lowest BCUT2D eigenvalue weighted by atomic mass is 9.96. The van der Waals surface area contributed by atoms with Crippen LogP contribution >= 0.6 is 0 Å². The van der Waals surface area contributed by atoms with Crippen LogP contribution in [0.3, 0.4) is 0 Å². The fourth-order valence-corrected chi connectivity index (χ4v) is 2.93. The maximum Gasteiger partial charge on any atom is 0.0366 e. The van der Waals surface area contributed by atoms with Gasteiger partial charge >= 0.3 is 0 Å². The number of nitrogens with two attached hydrogens (primary N) is 1. The second kappa shape index (κ2) is 6.92. The summed E-state index contributed by atoms with van der Waals surface area (Å²) in [6.07, 6.45) is 3.59. The van der Waals surface area contributed by atoms with Crippen molar-refractivity contribution in [3.05, 3.63) is 29.8 Å². The van der Waals surface area contributed by atoms with Crippen LogP contribution in [0.25, 0.3) is 0 Å². The molecule has 0 unspecified atom stereocenters. The minimum absolute atomic E-state index is 0.731. The van der Waals surface area contributed by atoms with Crippen LogP contribution in [0.4, 0.5) is 5.69 Å². The summed E-state index contributed by atoms with van der Waals surface area (Å²) in [5.41, 5.74) is 8.29. The van der Waals surface area contributed by atoms with Gasteiger partial charge in [0, 0.05) is 25.3 Å². The van der Waals surface area contributed by atoms with Crippen molar-refractivity contribution in [1.29, 1.82) is 0 Å². The molecule has 1 aromatic carbocycles. The Hall–Kier alpha value is -1.06. The van der Waals surface area contributed by atoms with E-state index >= 15 is 0 Å². The summed E-state index contributed by atoms with van der Waals surface area (Å²) in [5, 5.41) is 0. The first kappa shape index (κ1) is 14.4. The normalized spacial score (nSPS) is 17.2. The van der Waals surface area contributed by atoms with Gasteiger partial charge in [-0.3, -0.25) is 0 Å². The van der Waals surface area contributed by atoms with Crippen LogP contribution in [-0.2, 0) is 6.42 Å². The number of anilines is 1. The maximum absolute atomic E-state index is 5.58. The minimum Gasteiger partial charge on any atom is -0.372 e. The predicted octanol–water partition coefficient (Wildman–Crippen LogP) is 1.97. The molecule has 3 nitrogen and oxygen atoms in total. The highest BCUT2D eigenvalue weighted by Crippen LogP contribution is 2.23. The molecule has 0 amide bonds. The smallest absolute Gasteiger partial charge is 0.0366 e. The van der Waals surface area contributed by atoms with E-state index < -0.39 is 0 Å². The first-order chi connectivity index (χ1) is 9.19. The van der Waals surface area contributed by atoms with Gasteiger partial charge in [0.15, 0.2) is 0 Å². The zero-order chi connectivity index (χ0) is 13.7. The number of hydrogen-bond donors (Lipinski definition) is 1. The van der Waals surface area contributed by atoms with Crippen molar-refractivity contribution in [3.8, 4) is 0 Å². The van der Waals surface area contributed by atoms with Crippen molar-refractivity contribution >= 4 is 5.69 Å². The molecule has 0 aromatic heterocycles. The van der Waals surface area contributed by atoms with Crippen molar-refractivity contribution < 1.29 is 0 Å². The number of nitrogens with zero attached hydrogens (tertiary/aromatic N) is 2. The summed E-state index contributed by atoms with van der Waals surface area (Å²) >= 11 is 0. The third-order valence-electron chi connectivity index (χ3n) is 3.97. The lowest BCUT2D eigenvalue weighted by Gasteiger charge is -2.34. The quantitative estimate of drug-likeness (QED) is 0.879. The van der Waals surface area contributed by atoms with Crippen molar-refractivity contribution in [2.45, 2.75) is 19.3 Å². The predicted molar refractivity (Wildman–Crippen MR) is 82.7 cm³/mol. The molecule has 1 aromatic rings. The molecule has 1 heterocycles. The monoisotopic (exact) mass is 261 g/mol. The van der Waals surface area contributed by atoms with Gasteiger partial charge in [0.05, 0.1) is 0 Å². The van der Waals surface area contributed by atoms with Gasteiger partial charge in [-0.15, -0.1) is 0 Å². The standard InChI is InChI=1S/C16H27N3/c1-18(2)13-15-8-11-19(12-9-15)16-5-3-14(4-6-16)7-10-17/h3-6,15H,7-13,17H2,1-2H3. The highest BCUT2D eigenvalue weighted by Gasteiger charge is 2.19. The van der Waals surface area contributed by atoms with E-state index in [1.165, 1.54) is 43.7 Å². The van der Waals surface area contributed by atoms with Crippen LogP contribution in [0.1, 0.15) is 18.4 Å². The number of benzene rings is 1. The topological polar surface area (TPSA) is 32.5 Å². The van der Waals surface area contributed by atoms with Crippen LogP contribution in [0.15, 0.2) is 24.3 Å². The van der Waals surface area contributed by atoms with Gasteiger partial charge in [-0.1, -0.05) is 12.1 Å². The van der Waals surface area contributed by atoms with Crippen LogP contribution in [0, 0.1) is 5.92 Å². The fourth-order valence-electron chi connectivity index (χ4n) is 2.93. The molecule has 19 heavy (non-hydrogen) atoms. The van der Waals surface area contributed by atoms with Crippen molar-refractivity contribution in [2.75, 3.05) is 45.2 Å². The van der Waals surface area contributed by atoms with Gasteiger partial charge in [-0.2, -0.15) is 0 Å². The molecule has 1 fully saturated rings. The summed E-state index contributed by atoms with van der Waals surface area (Å²) < 4.78 is 0.